The average molecular weight is 248 g/mol. The van der Waals surface area contributed by atoms with Crippen LogP contribution in [0.15, 0.2) is 24.3 Å². The number of esters is 1. The lowest BCUT2D eigenvalue weighted by Gasteiger charge is -2.33. The van der Waals surface area contributed by atoms with Crippen LogP contribution in [0.25, 0.3) is 0 Å². The molecule has 1 N–H and O–H groups in total. The van der Waals surface area contributed by atoms with E-state index in [-0.39, 0.29) is 5.97 Å². The van der Waals surface area contributed by atoms with Crippen molar-refractivity contribution in [3.05, 3.63) is 35.4 Å². The van der Waals surface area contributed by atoms with E-state index in [2.05, 4.69) is 0 Å². The lowest BCUT2D eigenvalue weighted by atomic mass is 9.78. The maximum absolute atomic E-state index is 11.8. The lowest BCUT2D eigenvalue weighted by Crippen LogP contribution is -2.39. The van der Waals surface area contributed by atoms with Crippen LogP contribution < -0.4 is 0 Å². The average Bonchev–Trinajstić information content (AvgIpc) is 2.58. The van der Waals surface area contributed by atoms with Crippen molar-refractivity contribution in [2.45, 2.75) is 38.2 Å². The van der Waals surface area contributed by atoms with E-state index in [0.29, 0.717) is 6.42 Å². The largest absolute Gasteiger partial charge is 0.469 e. The Bertz CT molecular complexity index is 441. The molecule has 3 heteroatoms. The summed E-state index contributed by atoms with van der Waals surface area (Å²) >= 11 is 0. The van der Waals surface area contributed by atoms with Gasteiger partial charge >= 0.3 is 5.97 Å². The normalized spacial score (nSPS) is 24.8. The molecule has 3 nitrogen and oxygen atoms in total. The van der Waals surface area contributed by atoms with E-state index in [0.717, 1.165) is 30.4 Å². The third-order valence-electron chi connectivity index (χ3n) is 4.01. The first-order valence-electron chi connectivity index (χ1n) is 6.48. The minimum atomic E-state index is -1.10. The van der Waals surface area contributed by atoms with Crippen molar-refractivity contribution < 1.29 is 14.6 Å². The summed E-state index contributed by atoms with van der Waals surface area (Å²) in [5.74, 6) is -0.893. The van der Waals surface area contributed by atoms with Gasteiger partial charge in [-0.2, -0.15) is 0 Å². The summed E-state index contributed by atoms with van der Waals surface area (Å²) in [6.45, 7) is 1.74. The molecule has 0 spiro atoms. The van der Waals surface area contributed by atoms with E-state index < -0.39 is 11.5 Å². The molecule has 2 unspecified atom stereocenters. The Morgan fingerprint density at radius 1 is 1.39 bits per heavy atom. The van der Waals surface area contributed by atoms with Gasteiger partial charge < -0.3 is 9.84 Å². The molecule has 0 fully saturated rings. The summed E-state index contributed by atoms with van der Waals surface area (Å²) in [6.07, 6.45) is 3.55. The van der Waals surface area contributed by atoms with Crippen LogP contribution in [-0.2, 0) is 21.6 Å². The van der Waals surface area contributed by atoms with Gasteiger partial charge in [0, 0.05) is 0 Å². The Labute approximate surface area is 108 Å². The van der Waals surface area contributed by atoms with Crippen molar-refractivity contribution in [2.75, 3.05) is 7.11 Å². The quantitative estimate of drug-likeness (QED) is 0.646. The summed E-state index contributed by atoms with van der Waals surface area (Å²) in [5.41, 5.74) is 0.939. The van der Waals surface area contributed by atoms with Gasteiger partial charge in [0.05, 0.1) is 13.0 Å². The Balaban J connectivity index is 2.45. The van der Waals surface area contributed by atoms with E-state index in [1.54, 1.807) is 6.92 Å². The molecule has 0 radical (unpaired) electrons. The van der Waals surface area contributed by atoms with Crippen molar-refractivity contribution in [3.8, 4) is 0 Å². The van der Waals surface area contributed by atoms with Gasteiger partial charge in [-0.15, -0.1) is 0 Å². The van der Waals surface area contributed by atoms with E-state index in [4.69, 9.17) is 4.74 Å². The molecule has 1 aromatic carbocycles. The zero-order valence-corrected chi connectivity index (χ0v) is 11.0. The van der Waals surface area contributed by atoms with Gasteiger partial charge in [-0.3, -0.25) is 4.79 Å². The fourth-order valence-corrected chi connectivity index (χ4v) is 2.83. The van der Waals surface area contributed by atoms with Gasteiger partial charge in [0.1, 0.15) is 5.60 Å². The second kappa shape index (κ2) is 5.11. The van der Waals surface area contributed by atoms with Crippen LogP contribution in [0.2, 0.25) is 0 Å². The predicted molar refractivity (Wildman–Crippen MR) is 69.1 cm³/mol. The molecular formula is C15H20O3. The maximum atomic E-state index is 11.8. The monoisotopic (exact) mass is 248 g/mol. The lowest BCUT2D eigenvalue weighted by molar-refractivity contribution is -0.156. The molecule has 0 saturated heterocycles. The Hall–Kier alpha value is -1.35. The number of carbonyl (C=O) groups excluding carboxylic acids is 1. The molecule has 0 saturated carbocycles. The summed E-state index contributed by atoms with van der Waals surface area (Å²) in [5, 5.41) is 11.0. The van der Waals surface area contributed by atoms with Crippen molar-refractivity contribution in [1.82, 2.24) is 0 Å². The molecule has 98 valence electrons. The van der Waals surface area contributed by atoms with Crippen LogP contribution >= 0.6 is 0 Å². The molecule has 1 aliphatic rings. The first-order chi connectivity index (χ1) is 8.59. The number of hydrogen-bond acceptors (Lipinski definition) is 3. The molecule has 1 aliphatic carbocycles. The highest BCUT2D eigenvalue weighted by molar-refractivity contribution is 5.74. The van der Waals surface area contributed by atoms with Gasteiger partial charge in [-0.1, -0.05) is 24.3 Å². The third kappa shape index (κ3) is 2.15. The number of ether oxygens (including phenoxy) is 1. The number of fused-ring (bicyclic) bond motifs is 1. The molecule has 2 atom stereocenters. The van der Waals surface area contributed by atoms with Gasteiger partial charge in [0.15, 0.2) is 0 Å². The second-order valence-corrected chi connectivity index (χ2v) is 5.03. The van der Waals surface area contributed by atoms with Crippen LogP contribution in [0, 0.1) is 5.92 Å². The second-order valence-electron chi connectivity index (χ2n) is 5.03. The van der Waals surface area contributed by atoms with Crippen LogP contribution in [0.3, 0.4) is 0 Å². The summed E-state index contributed by atoms with van der Waals surface area (Å²) < 4.78 is 4.79. The Morgan fingerprint density at radius 2 is 2.11 bits per heavy atom. The van der Waals surface area contributed by atoms with Gasteiger partial charge in [-0.25, -0.2) is 0 Å². The SMILES string of the molecule is COC(=O)C(C)C1(O)CCCCc2ccccc21. The summed E-state index contributed by atoms with van der Waals surface area (Å²) in [4.78, 5) is 11.8. The minimum absolute atomic E-state index is 0.353. The van der Waals surface area contributed by atoms with E-state index in [9.17, 15) is 9.90 Å². The Kier molecular flexibility index (Phi) is 3.71. The smallest absolute Gasteiger partial charge is 0.311 e. The number of benzene rings is 1. The van der Waals surface area contributed by atoms with Crippen LogP contribution in [0.1, 0.15) is 37.3 Å². The summed E-state index contributed by atoms with van der Waals surface area (Å²) in [7, 11) is 1.37. The molecule has 0 amide bonds. The molecule has 0 aliphatic heterocycles. The highest BCUT2D eigenvalue weighted by Gasteiger charge is 2.42. The van der Waals surface area contributed by atoms with Crippen molar-refractivity contribution >= 4 is 5.97 Å². The number of carbonyl (C=O) groups is 1. The molecule has 2 rings (SSSR count). The number of methoxy groups -OCH3 is 1. The van der Waals surface area contributed by atoms with Crippen LogP contribution in [0.4, 0.5) is 0 Å². The van der Waals surface area contributed by atoms with Gasteiger partial charge in [0.25, 0.3) is 0 Å². The first kappa shape index (κ1) is 13.1. The molecule has 0 aromatic heterocycles. The third-order valence-corrected chi connectivity index (χ3v) is 4.01. The highest BCUT2D eigenvalue weighted by atomic mass is 16.5. The molecule has 18 heavy (non-hydrogen) atoms. The van der Waals surface area contributed by atoms with Crippen molar-refractivity contribution in [1.29, 1.82) is 0 Å². The fraction of sp³-hybridized carbons (Fsp3) is 0.533. The van der Waals surface area contributed by atoms with E-state index in [1.165, 1.54) is 7.11 Å². The Morgan fingerprint density at radius 3 is 2.83 bits per heavy atom. The van der Waals surface area contributed by atoms with Crippen molar-refractivity contribution in [2.24, 2.45) is 5.92 Å². The minimum Gasteiger partial charge on any atom is -0.469 e. The first-order valence-corrected chi connectivity index (χ1v) is 6.48. The maximum Gasteiger partial charge on any atom is 0.311 e. The van der Waals surface area contributed by atoms with Crippen LogP contribution in [-0.4, -0.2) is 18.2 Å². The molecular weight excluding hydrogens is 228 g/mol. The van der Waals surface area contributed by atoms with Crippen LogP contribution in [0.5, 0.6) is 0 Å². The van der Waals surface area contributed by atoms with Gasteiger partial charge in [0.2, 0.25) is 0 Å². The van der Waals surface area contributed by atoms with E-state index in [1.807, 2.05) is 24.3 Å². The number of hydrogen-bond donors (Lipinski definition) is 1. The number of aryl methyl sites for hydroxylation is 1. The zero-order chi connectivity index (χ0) is 13.2. The summed E-state index contributed by atoms with van der Waals surface area (Å²) in [6, 6.07) is 7.86. The topological polar surface area (TPSA) is 46.5 Å². The zero-order valence-electron chi connectivity index (χ0n) is 11.0. The number of aliphatic hydroxyl groups is 1. The molecule has 0 heterocycles. The standard InChI is InChI=1S/C15H20O3/c1-11(14(16)18-2)15(17)10-6-5-8-12-7-3-4-9-13(12)15/h3-4,7,9,11,17H,5-6,8,10H2,1-2H3. The highest BCUT2D eigenvalue weighted by Crippen LogP contribution is 2.40. The predicted octanol–water partition coefficient (Wildman–Crippen LogP) is 2.41. The van der Waals surface area contributed by atoms with Crippen molar-refractivity contribution in [3.63, 3.8) is 0 Å². The molecule has 1 aromatic rings. The fourth-order valence-electron chi connectivity index (χ4n) is 2.83. The number of rotatable bonds is 2. The van der Waals surface area contributed by atoms with Gasteiger partial charge in [-0.05, 0) is 43.7 Å². The molecule has 0 bridgehead atoms. The van der Waals surface area contributed by atoms with E-state index >= 15 is 0 Å².